The Morgan fingerprint density at radius 2 is 1.79 bits per heavy atom. The molecular formula is C16H13Cl2N3O3. The van der Waals surface area contributed by atoms with E-state index in [4.69, 9.17) is 27.9 Å². The Morgan fingerprint density at radius 3 is 2.42 bits per heavy atom. The summed E-state index contributed by atoms with van der Waals surface area (Å²) in [6.45, 7) is 0. The van der Waals surface area contributed by atoms with Crippen molar-refractivity contribution < 1.29 is 14.3 Å². The first-order valence-corrected chi connectivity index (χ1v) is 7.48. The standard InChI is InChI=1S/C16H13Cl2N3O3/c1-24-13-6-4-12(5-7-13)20-15(22)16(23)21-19-9-10-2-3-11(17)8-14(10)18/h2-9H,1H3,(H,20,22)(H,21,23). The molecule has 0 bridgehead atoms. The molecule has 2 aromatic rings. The molecule has 2 N–H and O–H groups in total. The smallest absolute Gasteiger partial charge is 0.329 e. The Labute approximate surface area is 148 Å². The molecule has 2 rings (SSSR count). The van der Waals surface area contributed by atoms with Gasteiger partial charge in [0.25, 0.3) is 0 Å². The number of anilines is 1. The van der Waals surface area contributed by atoms with E-state index in [1.807, 2.05) is 0 Å². The van der Waals surface area contributed by atoms with Gasteiger partial charge in [-0.25, -0.2) is 5.43 Å². The van der Waals surface area contributed by atoms with Gasteiger partial charge < -0.3 is 10.1 Å². The molecule has 124 valence electrons. The molecule has 2 aromatic carbocycles. The second-order valence-corrected chi connectivity index (χ2v) is 5.39. The lowest BCUT2D eigenvalue weighted by Gasteiger charge is -2.05. The summed E-state index contributed by atoms with van der Waals surface area (Å²) in [5.41, 5.74) is 3.13. The SMILES string of the molecule is COc1ccc(NC(=O)C(=O)NN=Cc2ccc(Cl)cc2Cl)cc1. The van der Waals surface area contributed by atoms with Crippen molar-refractivity contribution in [2.45, 2.75) is 0 Å². The van der Waals surface area contributed by atoms with E-state index in [9.17, 15) is 9.59 Å². The molecule has 0 aliphatic carbocycles. The predicted octanol–water partition coefficient (Wildman–Crippen LogP) is 3.09. The van der Waals surface area contributed by atoms with Gasteiger partial charge in [-0.05, 0) is 36.4 Å². The van der Waals surface area contributed by atoms with Crippen LogP contribution >= 0.6 is 23.2 Å². The van der Waals surface area contributed by atoms with E-state index in [0.717, 1.165) is 0 Å². The van der Waals surface area contributed by atoms with Gasteiger partial charge in [0.15, 0.2) is 0 Å². The van der Waals surface area contributed by atoms with Gasteiger partial charge in [0.1, 0.15) is 5.75 Å². The molecule has 0 saturated carbocycles. The zero-order chi connectivity index (χ0) is 17.5. The summed E-state index contributed by atoms with van der Waals surface area (Å²) in [6.07, 6.45) is 1.32. The van der Waals surface area contributed by atoms with Gasteiger partial charge in [-0.1, -0.05) is 29.3 Å². The van der Waals surface area contributed by atoms with Gasteiger partial charge in [0.05, 0.1) is 18.3 Å². The number of carbonyl (C=O) groups excluding carboxylic acids is 2. The molecule has 0 aliphatic heterocycles. The number of benzene rings is 2. The molecule has 2 amide bonds. The average molecular weight is 366 g/mol. The molecule has 0 saturated heterocycles. The van der Waals surface area contributed by atoms with E-state index in [1.165, 1.54) is 13.3 Å². The van der Waals surface area contributed by atoms with Gasteiger partial charge >= 0.3 is 11.8 Å². The van der Waals surface area contributed by atoms with Crippen molar-refractivity contribution in [2.75, 3.05) is 12.4 Å². The van der Waals surface area contributed by atoms with Crippen molar-refractivity contribution in [1.82, 2.24) is 5.43 Å². The molecule has 0 aliphatic rings. The first-order chi connectivity index (χ1) is 11.5. The number of nitrogens with zero attached hydrogens (tertiary/aromatic N) is 1. The highest BCUT2D eigenvalue weighted by atomic mass is 35.5. The fraction of sp³-hybridized carbons (Fsp3) is 0.0625. The summed E-state index contributed by atoms with van der Waals surface area (Å²) in [5.74, 6) is -1.12. The number of halogens is 2. The van der Waals surface area contributed by atoms with Gasteiger partial charge in [-0.15, -0.1) is 0 Å². The van der Waals surface area contributed by atoms with Crippen molar-refractivity contribution in [2.24, 2.45) is 5.10 Å². The minimum atomic E-state index is -0.910. The summed E-state index contributed by atoms with van der Waals surface area (Å²) in [6, 6.07) is 11.4. The molecule has 0 unspecified atom stereocenters. The van der Waals surface area contributed by atoms with Crippen molar-refractivity contribution in [3.63, 3.8) is 0 Å². The number of hydrazone groups is 1. The van der Waals surface area contributed by atoms with Gasteiger partial charge in [0, 0.05) is 16.3 Å². The van der Waals surface area contributed by atoms with E-state index in [0.29, 0.717) is 27.0 Å². The lowest BCUT2D eigenvalue weighted by atomic mass is 10.2. The zero-order valence-corrected chi connectivity index (χ0v) is 14.1. The molecule has 0 atom stereocenters. The van der Waals surface area contributed by atoms with E-state index in [1.54, 1.807) is 42.5 Å². The minimum Gasteiger partial charge on any atom is -0.497 e. The lowest BCUT2D eigenvalue weighted by Crippen LogP contribution is -2.32. The molecule has 0 spiro atoms. The largest absolute Gasteiger partial charge is 0.497 e. The molecular weight excluding hydrogens is 353 g/mol. The van der Waals surface area contributed by atoms with Crippen LogP contribution in [0.25, 0.3) is 0 Å². The first-order valence-electron chi connectivity index (χ1n) is 6.73. The minimum absolute atomic E-state index is 0.378. The third kappa shape index (κ3) is 4.97. The highest BCUT2D eigenvalue weighted by Crippen LogP contribution is 2.19. The topological polar surface area (TPSA) is 79.8 Å². The number of amides is 2. The molecule has 0 heterocycles. The number of rotatable bonds is 4. The Bertz CT molecular complexity index is 777. The van der Waals surface area contributed by atoms with Crippen LogP contribution in [0.4, 0.5) is 5.69 Å². The van der Waals surface area contributed by atoms with Crippen LogP contribution in [0.5, 0.6) is 5.75 Å². The van der Waals surface area contributed by atoms with Gasteiger partial charge in [-0.3, -0.25) is 9.59 Å². The highest BCUT2D eigenvalue weighted by molar-refractivity contribution is 6.39. The van der Waals surface area contributed by atoms with Crippen molar-refractivity contribution in [1.29, 1.82) is 0 Å². The summed E-state index contributed by atoms with van der Waals surface area (Å²) in [4.78, 5) is 23.4. The Kier molecular flexibility index (Phi) is 6.17. The lowest BCUT2D eigenvalue weighted by molar-refractivity contribution is -0.136. The predicted molar refractivity (Wildman–Crippen MR) is 93.8 cm³/mol. The van der Waals surface area contributed by atoms with Crippen molar-refractivity contribution in [3.05, 3.63) is 58.1 Å². The third-order valence-electron chi connectivity index (χ3n) is 2.89. The van der Waals surface area contributed by atoms with E-state index < -0.39 is 11.8 Å². The Hall–Kier alpha value is -2.57. The second-order valence-electron chi connectivity index (χ2n) is 4.55. The quantitative estimate of drug-likeness (QED) is 0.496. The summed E-state index contributed by atoms with van der Waals surface area (Å²) >= 11 is 11.7. The van der Waals surface area contributed by atoms with Crippen LogP contribution in [0.2, 0.25) is 10.0 Å². The zero-order valence-electron chi connectivity index (χ0n) is 12.5. The first kappa shape index (κ1) is 17.8. The maximum absolute atomic E-state index is 11.7. The van der Waals surface area contributed by atoms with Crippen LogP contribution in [0.3, 0.4) is 0 Å². The maximum atomic E-state index is 11.7. The fourth-order valence-electron chi connectivity index (χ4n) is 1.68. The van der Waals surface area contributed by atoms with Gasteiger partial charge in [0.2, 0.25) is 0 Å². The number of methoxy groups -OCH3 is 1. The number of nitrogens with one attached hydrogen (secondary N) is 2. The third-order valence-corrected chi connectivity index (χ3v) is 3.45. The fourth-order valence-corrected chi connectivity index (χ4v) is 2.14. The molecule has 0 aromatic heterocycles. The monoisotopic (exact) mass is 365 g/mol. The van der Waals surface area contributed by atoms with Crippen LogP contribution < -0.4 is 15.5 Å². The van der Waals surface area contributed by atoms with Crippen molar-refractivity contribution in [3.8, 4) is 5.75 Å². The van der Waals surface area contributed by atoms with Crippen LogP contribution in [-0.2, 0) is 9.59 Å². The Morgan fingerprint density at radius 1 is 1.08 bits per heavy atom. The number of hydrogen-bond acceptors (Lipinski definition) is 4. The molecule has 6 nitrogen and oxygen atoms in total. The van der Waals surface area contributed by atoms with Crippen LogP contribution in [0.1, 0.15) is 5.56 Å². The molecule has 24 heavy (non-hydrogen) atoms. The summed E-state index contributed by atoms with van der Waals surface area (Å²) in [5, 5.41) is 6.99. The number of hydrogen-bond donors (Lipinski definition) is 2. The van der Waals surface area contributed by atoms with E-state index >= 15 is 0 Å². The summed E-state index contributed by atoms with van der Waals surface area (Å²) in [7, 11) is 1.53. The average Bonchev–Trinajstić information content (AvgIpc) is 2.57. The highest BCUT2D eigenvalue weighted by Gasteiger charge is 2.12. The van der Waals surface area contributed by atoms with Crippen LogP contribution in [0, 0.1) is 0 Å². The second kappa shape index (κ2) is 8.33. The normalized spacial score (nSPS) is 10.5. The molecule has 8 heteroatoms. The van der Waals surface area contributed by atoms with Gasteiger partial charge in [-0.2, -0.15) is 5.10 Å². The number of ether oxygens (including phenoxy) is 1. The van der Waals surface area contributed by atoms with Crippen LogP contribution in [0.15, 0.2) is 47.6 Å². The van der Waals surface area contributed by atoms with E-state index in [-0.39, 0.29) is 0 Å². The number of carbonyl (C=O) groups is 2. The van der Waals surface area contributed by atoms with Crippen LogP contribution in [-0.4, -0.2) is 25.1 Å². The maximum Gasteiger partial charge on any atom is 0.329 e. The van der Waals surface area contributed by atoms with Crippen molar-refractivity contribution >= 4 is 46.9 Å². The Balaban J connectivity index is 1.91. The molecule has 0 fully saturated rings. The summed E-state index contributed by atoms with van der Waals surface area (Å²) < 4.78 is 5.00. The molecule has 0 radical (unpaired) electrons. The van der Waals surface area contributed by atoms with E-state index in [2.05, 4.69) is 15.8 Å².